The smallest absolute Gasteiger partial charge is 0.326 e. The molecule has 0 rings (SSSR count). The Kier molecular flexibility index (Phi) is 8.65. The molecule has 0 radical (unpaired) electrons. The second-order valence-corrected chi connectivity index (χ2v) is 4.06. The topological polar surface area (TPSA) is 89.9 Å². The van der Waals surface area contributed by atoms with Crippen LogP contribution in [0.4, 0.5) is 4.79 Å². The van der Waals surface area contributed by atoms with E-state index in [1.54, 1.807) is 7.05 Å². The summed E-state index contributed by atoms with van der Waals surface area (Å²) in [5.41, 5.74) is 0. The van der Waals surface area contributed by atoms with Crippen LogP contribution in [0.5, 0.6) is 0 Å². The van der Waals surface area contributed by atoms with Crippen molar-refractivity contribution < 1.29 is 19.8 Å². The van der Waals surface area contributed by atoms with Crippen molar-refractivity contribution in [3.63, 3.8) is 0 Å². The molecule has 0 aromatic rings. The largest absolute Gasteiger partial charge is 0.480 e. The molecule has 0 heterocycles. The molecule has 6 nitrogen and oxygen atoms in total. The fraction of sp³-hybridized carbons (Fsp3) is 0.667. The van der Waals surface area contributed by atoms with Gasteiger partial charge >= 0.3 is 12.0 Å². The monoisotopic (exact) mass is 258 g/mol. The van der Waals surface area contributed by atoms with Crippen LogP contribution in [0.2, 0.25) is 0 Å². The number of aliphatic hydroxyl groups excluding tert-OH is 1. The Morgan fingerprint density at radius 3 is 2.61 bits per heavy atom. The average molecular weight is 258 g/mol. The van der Waals surface area contributed by atoms with Gasteiger partial charge in [0.15, 0.2) is 0 Å². The molecule has 0 fully saturated rings. The highest BCUT2D eigenvalue weighted by Gasteiger charge is 2.20. The average Bonchev–Trinajstić information content (AvgIpc) is 2.33. The zero-order chi connectivity index (χ0) is 14.0. The van der Waals surface area contributed by atoms with Crippen molar-refractivity contribution in [3.05, 3.63) is 12.7 Å². The number of aliphatic hydroxyl groups is 1. The summed E-state index contributed by atoms with van der Waals surface area (Å²) in [4.78, 5) is 23.9. The van der Waals surface area contributed by atoms with Gasteiger partial charge in [-0.2, -0.15) is 0 Å². The molecule has 18 heavy (non-hydrogen) atoms. The van der Waals surface area contributed by atoms with Gasteiger partial charge in [-0.15, -0.1) is 6.58 Å². The van der Waals surface area contributed by atoms with Crippen LogP contribution >= 0.6 is 0 Å². The van der Waals surface area contributed by atoms with Crippen molar-refractivity contribution in [1.29, 1.82) is 0 Å². The lowest BCUT2D eigenvalue weighted by Gasteiger charge is -2.20. The van der Waals surface area contributed by atoms with E-state index < -0.39 is 18.0 Å². The summed E-state index contributed by atoms with van der Waals surface area (Å²) >= 11 is 0. The Balaban J connectivity index is 4.03. The van der Waals surface area contributed by atoms with Gasteiger partial charge in [-0.3, -0.25) is 0 Å². The van der Waals surface area contributed by atoms with Gasteiger partial charge in [-0.1, -0.05) is 6.08 Å². The van der Waals surface area contributed by atoms with Gasteiger partial charge in [-0.05, 0) is 19.3 Å². The molecule has 0 aliphatic rings. The van der Waals surface area contributed by atoms with Crippen molar-refractivity contribution in [2.45, 2.75) is 31.7 Å². The van der Waals surface area contributed by atoms with Crippen LogP contribution < -0.4 is 5.32 Å². The first-order valence-electron chi connectivity index (χ1n) is 5.99. The first-order valence-corrected chi connectivity index (χ1v) is 5.99. The van der Waals surface area contributed by atoms with E-state index in [9.17, 15) is 9.59 Å². The van der Waals surface area contributed by atoms with E-state index in [0.717, 1.165) is 19.3 Å². The predicted octanol–water partition coefficient (Wildman–Crippen LogP) is 0.820. The van der Waals surface area contributed by atoms with Crippen molar-refractivity contribution in [2.75, 3.05) is 20.2 Å². The Labute approximate surface area is 107 Å². The Morgan fingerprint density at radius 1 is 1.44 bits per heavy atom. The number of nitrogens with one attached hydrogen (secondary N) is 1. The first kappa shape index (κ1) is 16.4. The minimum Gasteiger partial charge on any atom is -0.480 e. The zero-order valence-corrected chi connectivity index (χ0v) is 10.8. The first-order chi connectivity index (χ1) is 8.52. The fourth-order valence-electron chi connectivity index (χ4n) is 1.38. The molecule has 6 heteroatoms. The van der Waals surface area contributed by atoms with Crippen LogP contribution in [0.1, 0.15) is 25.7 Å². The molecule has 0 saturated heterocycles. The van der Waals surface area contributed by atoms with Crippen LogP contribution in [0.3, 0.4) is 0 Å². The highest BCUT2D eigenvalue weighted by Crippen LogP contribution is 1.99. The third-order valence-electron chi connectivity index (χ3n) is 2.51. The number of hydrogen-bond donors (Lipinski definition) is 3. The summed E-state index contributed by atoms with van der Waals surface area (Å²) in [5, 5.41) is 19.9. The summed E-state index contributed by atoms with van der Waals surface area (Å²) in [7, 11) is 1.61. The van der Waals surface area contributed by atoms with Gasteiger partial charge < -0.3 is 20.4 Å². The summed E-state index contributed by atoms with van der Waals surface area (Å²) < 4.78 is 0. The number of allylic oxidation sites excluding steroid dienone is 1. The van der Waals surface area contributed by atoms with Gasteiger partial charge in [-0.25, -0.2) is 9.59 Å². The lowest BCUT2D eigenvalue weighted by Crippen LogP contribution is -2.47. The number of carboxylic acids is 1. The number of hydrogen-bond acceptors (Lipinski definition) is 3. The van der Waals surface area contributed by atoms with E-state index in [-0.39, 0.29) is 13.0 Å². The highest BCUT2D eigenvalue weighted by atomic mass is 16.4. The van der Waals surface area contributed by atoms with E-state index >= 15 is 0 Å². The Morgan fingerprint density at radius 2 is 2.11 bits per heavy atom. The number of urea groups is 1. The molecule has 1 atom stereocenters. The molecular weight excluding hydrogens is 236 g/mol. The van der Waals surface area contributed by atoms with Crippen molar-refractivity contribution >= 4 is 12.0 Å². The molecular formula is C12H22N2O4. The summed E-state index contributed by atoms with van der Waals surface area (Å²) in [6, 6.07) is -1.48. The highest BCUT2D eigenvalue weighted by molar-refractivity contribution is 5.82. The molecule has 104 valence electrons. The number of carbonyl (C=O) groups excluding carboxylic acids is 1. The minimum absolute atomic E-state index is 0.00533. The predicted molar refractivity (Wildman–Crippen MR) is 68.3 cm³/mol. The third-order valence-corrected chi connectivity index (χ3v) is 2.51. The second-order valence-electron chi connectivity index (χ2n) is 4.06. The number of amides is 2. The van der Waals surface area contributed by atoms with Crippen molar-refractivity contribution in [3.8, 4) is 0 Å². The SMILES string of the molecule is C=CCCCCN(C)C(=O)NC(CCO)C(=O)O. The molecule has 2 amide bonds. The van der Waals surface area contributed by atoms with Crippen LogP contribution in [0, 0.1) is 0 Å². The summed E-state index contributed by atoms with van der Waals surface area (Å²) in [6.45, 7) is 3.89. The molecule has 0 aromatic carbocycles. The molecule has 0 aliphatic heterocycles. The van der Waals surface area contributed by atoms with Gasteiger partial charge in [0.25, 0.3) is 0 Å². The van der Waals surface area contributed by atoms with Gasteiger partial charge in [0.05, 0.1) is 0 Å². The maximum Gasteiger partial charge on any atom is 0.326 e. The van der Waals surface area contributed by atoms with E-state index in [0.29, 0.717) is 6.54 Å². The number of carboxylic acid groups (broad SMARTS) is 1. The molecule has 1 unspecified atom stereocenters. The lowest BCUT2D eigenvalue weighted by atomic mass is 10.2. The number of unbranched alkanes of at least 4 members (excludes halogenated alkanes) is 2. The van der Waals surface area contributed by atoms with E-state index in [1.807, 2.05) is 6.08 Å². The van der Waals surface area contributed by atoms with Crippen LogP contribution in [-0.4, -0.2) is 53.4 Å². The normalized spacial score (nSPS) is 11.7. The van der Waals surface area contributed by atoms with Crippen LogP contribution in [0.15, 0.2) is 12.7 Å². The minimum atomic E-state index is -1.14. The number of aliphatic carboxylic acids is 1. The fourth-order valence-corrected chi connectivity index (χ4v) is 1.38. The standard InChI is InChI=1S/C12H22N2O4/c1-3-4-5-6-8-14(2)12(18)13-10(7-9-15)11(16)17/h3,10,15H,1,4-9H2,2H3,(H,13,18)(H,16,17). The van der Waals surface area contributed by atoms with Crippen molar-refractivity contribution in [2.24, 2.45) is 0 Å². The van der Waals surface area contributed by atoms with E-state index in [4.69, 9.17) is 10.2 Å². The summed E-state index contributed by atoms with van der Waals surface area (Å²) in [5.74, 6) is -1.14. The molecule has 0 saturated carbocycles. The number of carbonyl (C=O) groups is 2. The number of nitrogens with zero attached hydrogens (tertiary/aromatic N) is 1. The zero-order valence-electron chi connectivity index (χ0n) is 10.8. The maximum absolute atomic E-state index is 11.6. The van der Waals surface area contributed by atoms with Gasteiger partial charge in [0, 0.05) is 26.6 Å². The summed E-state index contributed by atoms with van der Waals surface area (Å²) in [6.07, 6.45) is 4.51. The molecule has 0 aliphatic carbocycles. The molecule has 0 bridgehead atoms. The molecule has 3 N–H and O–H groups in total. The van der Waals surface area contributed by atoms with Crippen LogP contribution in [-0.2, 0) is 4.79 Å². The second kappa shape index (κ2) is 9.47. The van der Waals surface area contributed by atoms with Gasteiger partial charge in [0.1, 0.15) is 6.04 Å². The van der Waals surface area contributed by atoms with Crippen molar-refractivity contribution in [1.82, 2.24) is 10.2 Å². The molecule has 0 spiro atoms. The van der Waals surface area contributed by atoms with Crippen LogP contribution in [0.25, 0.3) is 0 Å². The number of rotatable bonds is 9. The third kappa shape index (κ3) is 6.90. The molecule has 0 aromatic heterocycles. The Hall–Kier alpha value is -1.56. The van der Waals surface area contributed by atoms with E-state index in [1.165, 1.54) is 4.90 Å². The quantitative estimate of drug-likeness (QED) is 0.422. The lowest BCUT2D eigenvalue weighted by molar-refractivity contribution is -0.139. The van der Waals surface area contributed by atoms with E-state index in [2.05, 4.69) is 11.9 Å². The van der Waals surface area contributed by atoms with Gasteiger partial charge in [0.2, 0.25) is 0 Å². The maximum atomic E-state index is 11.6. The Bertz CT molecular complexity index is 281.